The predicted octanol–water partition coefficient (Wildman–Crippen LogP) is 3.19. The van der Waals surface area contributed by atoms with E-state index in [1.165, 1.54) is 0 Å². The quantitative estimate of drug-likeness (QED) is 0.832. The molecule has 0 radical (unpaired) electrons. The summed E-state index contributed by atoms with van der Waals surface area (Å²) in [7, 11) is 0. The van der Waals surface area contributed by atoms with E-state index < -0.39 is 0 Å². The number of amides is 1. The summed E-state index contributed by atoms with van der Waals surface area (Å²) in [4.78, 5) is 11.3. The second-order valence-electron chi connectivity index (χ2n) is 4.34. The van der Waals surface area contributed by atoms with Crippen LogP contribution in [0.3, 0.4) is 0 Å². The minimum absolute atomic E-state index is 0.0895. The van der Waals surface area contributed by atoms with E-state index in [4.69, 9.17) is 4.74 Å². The number of nitrogens with one attached hydrogen (secondary N) is 1. The van der Waals surface area contributed by atoms with Crippen LogP contribution in [0.1, 0.15) is 11.1 Å². The van der Waals surface area contributed by atoms with E-state index >= 15 is 0 Å². The van der Waals surface area contributed by atoms with Crippen LogP contribution >= 0.6 is 0 Å². The highest BCUT2D eigenvalue weighted by atomic mass is 16.5. The third-order valence-electron chi connectivity index (χ3n) is 2.90. The van der Waals surface area contributed by atoms with Gasteiger partial charge in [0.15, 0.2) is 6.61 Å². The van der Waals surface area contributed by atoms with Crippen molar-refractivity contribution in [2.45, 2.75) is 0 Å². The van der Waals surface area contributed by atoms with E-state index in [9.17, 15) is 4.79 Å². The molecule has 0 aromatic heterocycles. The number of hydrogen-bond donors (Lipinski definition) is 1. The lowest BCUT2D eigenvalue weighted by atomic mass is 10.1. The molecule has 0 aliphatic carbocycles. The Morgan fingerprint density at radius 2 is 1.79 bits per heavy atom. The lowest BCUT2D eigenvalue weighted by molar-refractivity contribution is -0.118. The predicted molar refractivity (Wildman–Crippen MR) is 75.9 cm³/mol. The first-order valence-corrected chi connectivity index (χ1v) is 6.11. The van der Waals surface area contributed by atoms with Gasteiger partial charge in [-0.25, -0.2) is 0 Å². The van der Waals surface area contributed by atoms with Crippen molar-refractivity contribution in [3.8, 4) is 5.75 Å². The highest BCUT2D eigenvalue weighted by Gasteiger charge is 2.15. The van der Waals surface area contributed by atoms with Gasteiger partial charge in [-0.15, -0.1) is 0 Å². The molecular weight excluding hydrogens is 238 g/mol. The summed E-state index contributed by atoms with van der Waals surface area (Å²) in [5, 5.41) is 2.80. The zero-order valence-electron chi connectivity index (χ0n) is 10.3. The molecule has 3 heteroatoms. The van der Waals surface area contributed by atoms with E-state index in [1.807, 2.05) is 60.7 Å². The first-order valence-electron chi connectivity index (χ1n) is 6.11. The monoisotopic (exact) mass is 251 g/mol. The molecule has 0 bridgehead atoms. The van der Waals surface area contributed by atoms with Gasteiger partial charge in [-0.1, -0.05) is 48.6 Å². The van der Waals surface area contributed by atoms with Crippen molar-refractivity contribution < 1.29 is 9.53 Å². The van der Waals surface area contributed by atoms with Crippen LogP contribution in [0.15, 0.2) is 48.5 Å². The molecule has 0 atom stereocenters. The van der Waals surface area contributed by atoms with Crippen molar-refractivity contribution in [1.29, 1.82) is 0 Å². The zero-order chi connectivity index (χ0) is 13.1. The topological polar surface area (TPSA) is 38.3 Å². The molecule has 0 spiro atoms. The Balaban J connectivity index is 1.84. The number of carbonyl (C=O) groups excluding carboxylic acids is 1. The first kappa shape index (κ1) is 11.5. The van der Waals surface area contributed by atoms with Crippen LogP contribution in [-0.2, 0) is 4.79 Å². The SMILES string of the molecule is O=C1COc2ccc(/C=C/c3ccccc3)cc2N1. The van der Waals surface area contributed by atoms with Gasteiger partial charge in [0.25, 0.3) is 5.91 Å². The molecular formula is C16H13NO2. The number of carbonyl (C=O) groups is 1. The Bertz CT molecular complexity index is 632. The molecule has 3 nitrogen and oxygen atoms in total. The van der Waals surface area contributed by atoms with Gasteiger partial charge in [-0.3, -0.25) is 4.79 Å². The van der Waals surface area contributed by atoms with Crippen molar-refractivity contribution in [1.82, 2.24) is 0 Å². The molecule has 1 heterocycles. The van der Waals surface area contributed by atoms with Gasteiger partial charge in [0.05, 0.1) is 5.69 Å². The fraction of sp³-hybridized carbons (Fsp3) is 0.0625. The van der Waals surface area contributed by atoms with E-state index in [0.29, 0.717) is 0 Å². The highest BCUT2D eigenvalue weighted by molar-refractivity contribution is 5.95. The maximum absolute atomic E-state index is 11.3. The summed E-state index contributed by atoms with van der Waals surface area (Å²) < 4.78 is 5.32. The number of hydrogen-bond acceptors (Lipinski definition) is 2. The number of anilines is 1. The molecule has 94 valence electrons. The summed E-state index contributed by atoms with van der Waals surface area (Å²) in [5.41, 5.74) is 2.89. The minimum Gasteiger partial charge on any atom is -0.482 e. The van der Waals surface area contributed by atoms with Crippen LogP contribution in [0, 0.1) is 0 Å². The molecule has 0 fully saturated rings. The second-order valence-corrected chi connectivity index (χ2v) is 4.34. The van der Waals surface area contributed by atoms with Gasteiger partial charge in [-0.2, -0.15) is 0 Å². The summed E-state index contributed by atoms with van der Waals surface area (Å²) in [6, 6.07) is 15.8. The molecule has 1 N–H and O–H groups in total. The Labute approximate surface area is 111 Å². The Kier molecular flexibility index (Phi) is 3.02. The maximum atomic E-state index is 11.3. The van der Waals surface area contributed by atoms with Crippen LogP contribution in [0.25, 0.3) is 12.2 Å². The molecule has 0 saturated carbocycles. The fourth-order valence-electron chi connectivity index (χ4n) is 1.96. The smallest absolute Gasteiger partial charge is 0.262 e. The average Bonchev–Trinajstić information content (AvgIpc) is 2.46. The Morgan fingerprint density at radius 1 is 1.00 bits per heavy atom. The van der Waals surface area contributed by atoms with Gasteiger partial charge in [0.2, 0.25) is 0 Å². The molecule has 0 saturated heterocycles. The summed E-state index contributed by atoms with van der Waals surface area (Å²) in [5.74, 6) is 0.605. The summed E-state index contributed by atoms with van der Waals surface area (Å²) >= 11 is 0. The highest BCUT2D eigenvalue weighted by Crippen LogP contribution is 2.29. The average molecular weight is 251 g/mol. The van der Waals surface area contributed by atoms with Crippen LogP contribution < -0.4 is 10.1 Å². The van der Waals surface area contributed by atoms with Crippen molar-refractivity contribution in [3.63, 3.8) is 0 Å². The molecule has 2 aromatic carbocycles. The minimum atomic E-state index is -0.114. The van der Waals surface area contributed by atoms with E-state index in [0.717, 1.165) is 22.6 Å². The largest absolute Gasteiger partial charge is 0.482 e. The van der Waals surface area contributed by atoms with Crippen molar-refractivity contribution >= 4 is 23.7 Å². The molecule has 1 aliphatic heterocycles. The Morgan fingerprint density at radius 3 is 2.63 bits per heavy atom. The fourth-order valence-corrected chi connectivity index (χ4v) is 1.96. The van der Waals surface area contributed by atoms with Gasteiger partial charge < -0.3 is 10.1 Å². The van der Waals surface area contributed by atoms with Crippen LogP contribution in [0.2, 0.25) is 0 Å². The molecule has 1 aliphatic rings. The van der Waals surface area contributed by atoms with Crippen LogP contribution in [0.5, 0.6) is 5.75 Å². The number of fused-ring (bicyclic) bond motifs is 1. The van der Waals surface area contributed by atoms with Crippen molar-refractivity contribution in [3.05, 3.63) is 59.7 Å². The van der Waals surface area contributed by atoms with Crippen molar-refractivity contribution in [2.75, 3.05) is 11.9 Å². The summed E-state index contributed by atoms with van der Waals surface area (Å²) in [6.45, 7) is 0.0895. The van der Waals surface area contributed by atoms with E-state index in [1.54, 1.807) is 0 Å². The van der Waals surface area contributed by atoms with E-state index in [2.05, 4.69) is 5.32 Å². The third-order valence-corrected chi connectivity index (χ3v) is 2.90. The lowest BCUT2D eigenvalue weighted by Crippen LogP contribution is -2.25. The van der Waals surface area contributed by atoms with Gasteiger partial charge >= 0.3 is 0 Å². The molecule has 1 amide bonds. The van der Waals surface area contributed by atoms with Gasteiger partial charge in [-0.05, 0) is 23.3 Å². The summed E-state index contributed by atoms with van der Waals surface area (Å²) in [6.07, 6.45) is 4.05. The second kappa shape index (κ2) is 4.98. The molecule has 19 heavy (non-hydrogen) atoms. The molecule has 2 aromatic rings. The lowest BCUT2D eigenvalue weighted by Gasteiger charge is -2.17. The normalized spacial score (nSPS) is 13.8. The third kappa shape index (κ3) is 2.65. The first-order chi connectivity index (χ1) is 9.31. The molecule has 3 rings (SSSR count). The standard InChI is InChI=1S/C16H13NO2/c18-16-11-19-15-9-8-13(10-14(15)17-16)7-6-12-4-2-1-3-5-12/h1-10H,11H2,(H,17,18)/b7-6+. The van der Waals surface area contributed by atoms with E-state index in [-0.39, 0.29) is 12.5 Å². The van der Waals surface area contributed by atoms with Gasteiger partial charge in [0, 0.05) is 0 Å². The number of benzene rings is 2. The van der Waals surface area contributed by atoms with Crippen LogP contribution in [-0.4, -0.2) is 12.5 Å². The Hall–Kier alpha value is -2.55. The zero-order valence-corrected chi connectivity index (χ0v) is 10.3. The van der Waals surface area contributed by atoms with Gasteiger partial charge in [0.1, 0.15) is 5.75 Å². The van der Waals surface area contributed by atoms with Crippen molar-refractivity contribution in [2.24, 2.45) is 0 Å². The number of ether oxygens (including phenoxy) is 1. The maximum Gasteiger partial charge on any atom is 0.262 e. The molecule has 0 unspecified atom stereocenters. The van der Waals surface area contributed by atoms with Crippen LogP contribution in [0.4, 0.5) is 5.69 Å². The number of rotatable bonds is 2.